The monoisotopic (exact) mass is 391 g/mol. The Hall–Kier alpha value is -0.710. The highest BCUT2D eigenvalue weighted by molar-refractivity contribution is 14.2. The van der Waals surface area contributed by atoms with Gasteiger partial charge in [0.25, 0.3) is 0 Å². The van der Waals surface area contributed by atoms with Crippen LogP contribution in [0, 0.1) is 0 Å². The van der Waals surface area contributed by atoms with E-state index in [1.54, 1.807) is 36.4 Å². The highest BCUT2D eigenvalue weighted by atomic mass is 127. The summed E-state index contributed by atoms with van der Waals surface area (Å²) in [4.78, 5) is 16.0. The molecule has 1 atom stereocenters. The van der Waals surface area contributed by atoms with E-state index < -0.39 is 0 Å². The Labute approximate surface area is 124 Å². The van der Waals surface area contributed by atoms with Crippen molar-refractivity contribution in [1.29, 1.82) is 0 Å². The van der Waals surface area contributed by atoms with Crippen molar-refractivity contribution in [2.24, 2.45) is 0 Å². The number of benzene rings is 1. The van der Waals surface area contributed by atoms with Gasteiger partial charge in [-0.2, -0.15) is 0 Å². The van der Waals surface area contributed by atoms with Gasteiger partial charge in [-0.25, -0.2) is 4.98 Å². The Bertz CT molecular complexity index is 545. The van der Waals surface area contributed by atoms with E-state index in [0.717, 1.165) is 5.75 Å². The van der Waals surface area contributed by atoms with Gasteiger partial charge in [-0.05, 0) is 58.4 Å². The number of pyridine rings is 1. The van der Waals surface area contributed by atoms with Crippen molar-refractivity contribution in [2.75, 3.05) is 0 Å². The van der Waals surface area contributed by atoms with Gasteiger partial charge in [0.2, 0.25) is 0 Å². The van der Waals surface area contributed by atoms with Gasteiger partial charge in [-0.3, -0.25) is 4.79 Å². The van der Waals surface area contributed by atoms with E-state index in [4.69, 9.17) is 16.1 Å². The minimum Gasteiger partial charge on any atom is -0.467 e. The second-order valence-electron chi connectivity index (χ2n) is 3.40. The Morgan fingerprint density at radius 2 is 1.83 bits per heavy atom. The third kappa shape index (κ3) is 3.40. The van der Waals surface area contributed by atoms with Gasteiger partial charge < -0.3 is 4.52 Å². The summed E-state index contributed by atoms with van der Waals surface area (Å²) in [5.41, 5.74) is 1.12. The topological polar surface area (TPSA) is 39.2 Å². The Morgan fingerprint density at radius 3 is 2.39 bits per heavy atom. The van der Waals surface area contributed by atoms with E-state index in [0.29, 0.717) is 22.7 Å². The van der Waals surface area contributed by atoms with E-state index in [9.17, 15) is 4.79 Å². The molecule has 3 nitrogen and oxygen atoms in total. The highest BCUT2D eigenvalue weighted by Crippen LogP contribution is 2.26. The van der Waals surface area contributed by atoms with Crippen LogP contribution in [-0.4, -0.2) is 10.8 Å². The third-order valence-electron chi connectivity index (χ3n) is 2.26. The molecule has 1 heterocycles. The second-order valence-corrected chi connectivity index (χ2v) is 5.47. The van der Waals surface area contributed by atoms with Gasteiger partial charge in [0.15, 0.2) is 5.78 Å². The quantitative estimate of drug-likeness (QED) is 0.338. The molecule has 0 bridgehead atoms. The van der Waals surface area contributed by atoms with Crippen LogP contribution in [0.5, 0.6) is 5.75 Å². The van der Waals surface area contributed by atoms with Gasteiger partial charge in [0, 0.05) is 17.3 Å². The summed E-state index contributed by atoms with van der Waals surface area (Å²) in [5, 5.41) is 0.373. The predicted octanol–water partition coefficient (Wildman–Crippen LogP) is 4.29. The first-order valence-electron chi connectivity index (χ1n) is 4.99. The molecule has 0 radical (unpaired) electrons. The average Bonchev–Trinajstić information content (AvgIpc) is 2.40. The normalized spacial score (nSPS) is 10.8. The molecule has 92 valence electrons. The molecular formula is C12H8ClINO2P. The number of hydrogen-bond acceptors (Lipinski definition) is 3. The summed E-state index contributed by atoms with van der Waals surface area (Å²) < 4.78 is 5.34. The van der Waals surface area contributed by atoms with Crippen LogP contribution in [0.4, 0.5) is 0 Å². The van der Waals surface area contributed by atoms with Crippen LogP contribution in [0.1, 0.15) is 15.9 Å². The zero-order valence-electron chi connectivity index (χ0n) is 9.06. The third-order valence-corrected chi connectivity index (χ3v) is 3.46. The van der Waals surface area contributed by atoms with Crippen molar-refractivity contribution in [3.8, 4) is 5.75 Å². The highest BCUT2D eigenvalue weighted by Gasteiger charge is 2.09. The van der Waals surface area contributed by atoms with Crippen molar-refractivity contribution < 1.29 is 9.32 Å². The molecule has 0 aliphatic heterocycles. The van der Waals surface area contributed by atoms with Crippen LogP contribution < -0.4 is 4.52 Å². The summed E-state index contributed by atoms with van der Waals surface area (Å²) >= 11 is 7.82. The first kappa shape index (κ1) is 13.7. The van der Waals surface area contributed by atoms with Gasteiger partial charge >= 0.3 is 0 Å². The number of ketones is 1. The maximum Gasteiger partial charge on any atom is 0.194 e. The molecule has 1 unspecified atom stereocenters. The molecule has 0 N–H and O–H groups in total. The van der Waals surface area contributed by atoms with Gasteiger partial charge in [0.1, 0.15) is 17.4 Å². The zero-order chi connectivity index (χ0) is 13.0. The number of carbonyl (C=O) groups excluding carboxylic acids is 1. The molecule has 1 aromatic carbocycles. The summed E-state index contributed by atoms with van der Waals surface area (Å²) in [6.07, 6.45) is 1.47. The molecule has 0 aliphatic carbocycles. The summed E-state index contributed by atoms with van der Waals surface area (Å²) in [6.45, 7) is 0.358. The fraction of sp³-hybridized carbons (Fsp3) is 0. The van der Waals surface area contributed by atoms with E-state index in [-0.39, 0.29) is 5.78 Å². The fourth-order valence-electron chi connectivity index (χ4n) is 1.40. The Balaban J connectivity index is 2.20. The predicted molar refractivity (Wildman–Crippen MR) is 82.1 cm³/mol. The largest absolute Gasteiger partial charge is 0.467 e. The number of halogens is 2. The standard InChI is InChI=1S/C12H8ClINO2P/c13-11-6-3-9(7-15-11)12(16)8-1-4-10(5-2-8)17-18-14/h1-7,18H. The van der Waals surface area contributed by atoms with Crippen molar-refractivity contribution >= 4 is 45.9 Å². The molecule has 6 heteroatoms. The molecule has 1 aromatic heterocycles. The molecule has 2 rings (SSSR count). The molecule has 0 aliphatic rings. The molecule has 2 aromatic rings. The fourth-order valence-corrected chi connectivity index (χ4v) is 2.50. The van der Waals surface area contributed by atoms with Crippen LogP contribution in [0.2, 0.25) is 5.15 Å². The second kappa shape index (κ2) is 6.45. The van der Waals surface area contributed by atoms with Crippen LogP contribution in [0.3, 0.4) is 0 Å². The number of hydrogen-bond donors (Lipinski definition) is 0. The van der Waals surface area contributed by atoms with Crippen molar-refractivity contribution in [1.82, 2.24) is 4.98 Å². The SMILES string of the molecule is O=C(c1ccc(OPI)cc1)c1ccc(Cl)nc1. The van der Waals surface area contributed by atoms with Crippen molar-refractivity contribution in [2.45, 2.75) is 0 Å². The summed E-state index contributed by atoms with van der Waals surface area (Å²) in [6, 6.07) is 10.3. The van der Waals surface area contributed by atoms with E-state index in [2.05, 4.69) is 27.0 Å². The van der Waals surface area contributed by atoms with Crippen LogP contribution in [-0.2, 0) is 0 Å². The molecule has 0 spiro atoms. The van der Waals surface area contributed by atoms with Crippen molar-refractivity contribution in [3.63, 3.8) is 0 Å². The molecule has 0 saturated heterocycles. The van der Waals surface area contributed by atoms with Crippen LogP contribution >= 0.6 is 40.1 Å². The minimum absolute atomic E-state index is 0.0809. The van der Waals surface area contributed by atoms with Gasteiger partial charge in [0.05, 0.1) is 0 Å². The summed E-state index contributed by atoms with van der Waals surface area (Å²) in [7, 11) is 0. The lowest BCUT2D eigenvalue weighted by Crippen LogP contribution is -2.01. The van der Waals surface area contributed by atoms with Gasteiger partial charge in [-0.1, -0.05) is 11.6 Å². The first-order valence-corrected chi connectivity index (χ1v) is 9.39. The van der Waals surface area contributed by atoms with E-state index in [1.807, 2.05) is 0 Å². The molecule has 0 amide bonds. The van der Waals surface area contributed by atoms with E-state index >= 15 is 0 Å². The van der Waals surface area contributed by atoms with Crippen LogP contribution in [0.15, 0.2) is 42.6 Å². The summed E-state index contributed by atoms with van der Waals surface area (Å²) in [5.74, 6) is 0.677. The smallest absolute Gasteiger partial charge is 0.194 e. The van der Waals surface area contributed by atoms with E-state index in [1.165, 1.54) is 6.20 Å². The maximum absolute atomic E-state index is 12.1. The maximum atomic E-state index is 12.1. The lowest BCUT2D eigenvalue weighted by Gasteiger charge is -2.03. The van der Waals surface area contributed by atoms with Crippen molar-refractivity contribution in [3.05, 3.63) is 58.9 Å². The first-order chi connectivity index (χ1) is 8.70. The lowest BCUT2D eigenvalue weighted by atomic mass is 10.1. The van der Waals surface area contributed by atoms with Crippen LogP contribution in [0.25, 0.3) is 0 Å². The number of carbonyl (C=O) groups is 1. The zero-order valence-corrected chi connectivity index (χ0v) is 13.0. The Morgan fingerprint density at radius 1 is 1.17 bits per heavy atom. The molecule has 18 heavy (non-hydrogen) atoms. The number of aromatic nitrogens is 1. The van der Waals surface area contributed by atoms with Gasteiger partial charge in [-0.15, -0.1) is 0 Å². The molecule has 0 saturated carbocycles. The number of rotatable bonds is 4. The average molecular weight is 392 g/mol. The minimum atomic E-state index is -0.0809. The number of nitrogens with zero attached hydrogens (tertiary/aromatic N) is 1. The molecular weight excluding hydrogens is 383 g/mol. The molecule has 0 fully saturated rings. The Kier molecular flexibility index (Phi) is 4.92. The lowest BCUT2D eigenvalue weighted by molar-refractivity contribution is 0.103.